The van der Waals surface area contributed by atoms with Gasteiger partial charge in [0.15, 0.2) is 0 Å². The van der Waals surface area contributed by atoms with Crippen LogP contribution in [0.2, 0.25) is 0 Å². The second-order valence-electron chi connectivity index (χ2n) is 3.47. The number of hydrogen-bond donors (Lipinski definition) is 1. The first kappa shape index (κ1) is 12.1. The molecule has 1 rings (SSSR count). The molecular formula is C11H19N3O. The average Bonchev–Trinajstić information content (AvgIpc) is 2.30. The van der Waals surface area contributed by atoms with Crippen LogP contribution in [0.4, 0.5) is 0 Å². The maximum absolute atomic E-state index is 5.40. The monoisotopic (exact) mass is 209 g/mol. The van der Waals surface area contributed by atoms with Crippen molar-refractivity contribution in [2.75, 3.05) is 26.3 Å². The van der Waals surface area contributed by atoms with Crippen LogP contribution in [0.1, 0.15) is 13.3 Å². The lowest BCUT2D eigenvalue weighted by Crippen LogP contribution is -2.47. The quantitative estimate of drug-likeness (QED) is 0.544. The average molecular weight is 209 g/mol. The van der Waals surface area contributed by atoms with Gasteiger partial charge in [0.1, 0.15) is 0 Å². The SMILES string of the molecule is C=CCN=C=NC(CC)C1COCCN1. The van der Waals surface area contributed by atoms with Crippen LogP contribution >= 0.6 is 0 Å². The Morgan fingerprint density at radius 3 is 3.20 bits per heavy atom. The van der Waals surface area contributed by atoms with Crippen molar-refractivity contribution in [3.05, 3.63) is 12.7 Å². The number of aliphatic imine (C=N–C) groups is 2. The van der Waals surface area contributed by atoms with E-state index in [9.17, 15) is 0 Å². The van der Waals surface area contributed by atoms with Crippen molar-refractivity contribution in [1.82, 2.24) is 5.32 Å². The number of rotatable bonds is 5. The highest BCUT2D eigenvalue weighted by Crippen LogP contribution is 2.06. The molecule has 15 heavy (non-hydrogen) atoms. The molecule has 2 atom stereocenters. The van der Waals surface area contributed by atoms with Gasteiger partial charge in [0, 0.05) is 6.54 Å². The maximum atomic E-state index is 5.40. The summed E-state index contributed by atoms with van der Waals surface area (Å²) in [5.74, 6) is 0. The highest BCUT2D eigenvalue weighted by atomic mass is 16.5. The topological polar surface area (TPSA) is 46.0 Å². The molecule has 1 aliphatic heterocycles. The van der Waals surface area contributed by atoms with Crippen molar-refractivity contribution in [2.24, 2.45) is 9.98 Å². The van der Waals surface area contributed by atoms with Gasteiger partial charge >= 0.3 is 0 Å². The number of nitrogens with zero attached hydrogens (tertiary/aromatic N) is 2. The molecule has 2 unspecified atom stereocenters. The van der Waals surface area contributed by atoms with Gasteiger partial charge in [-0.15, -0.1) is 6.58 Å². The van der Waals surface area contributed by atoms with E-state index in [0.717, 1.165) is 26.2 Å². The zero-order chi connectivity index (χ0) is 10.9. The minimum Gasteiger partial charge on any atom is -0.378 e. The zero-order valence-corrected chi connectivity index (χ0v) is 9.28. The molecule has 4 nitrogen and oxygen atoms in total. The Labute approximate surface area is 91.1 Å². The standard InChI is InChI=1S/C11H19N3O/c1-3-5-12-9-14-10(4-2)11-8-15-7-6-13-11/h3,10-11,13H,1,4-8H2,2H3. The van der Waals surface area contributed by atoms with E-state index in [4.69, 9.17) is 4.74 Å². The van der Waals surface area contributed by atoms with Gasteiger partial charge in [-0.25, -0.2) is 9.98 Å². The lowest BCUT2D eigenvalue weighted by Gasteiger charge is -2.27. The third kappa shape index (κ3) is 4.38. The van der Waals surface area contributed by atoms with Crippen LogP contribution in [0, 0.1) is 0 Å². The second-order valence-corrected chi connectivity index (χ2v) is 3.47. The molecule has 0 saturated carbocycles. The Morgan fingerprint density at radius 2 is 2.60 bits per heavy atom. The molecule has 0 bridgehead atoms. The molecule has 1 N–H and O–H groups in total. The minimum absolute atomic E-state index is 0.207. The van der Waals surface area contributed by atoms with Crippen molar-refractivity contribution >= 4 is 6.01 Å². The molecule has 0 amide bonds. The van der Waals surface area contributed by atoms with Crippen molar-refractivity contribution in [2.45, 2.75) is 25.4 Å². The van der Waals surface area contributed by atoms with Crippen LogP contribution < -0.4 is 5.32 Å². The van der Waals surface area contributed by atoms with Gasteiger partial charge in [-0.3, -0.25) is 0 Å². The molecule has 0 aliphatic carbocycles. The first-order valence-corrected chi connectivity index (χ1v) is 5.41. The molecule has 0 aromatic carbocycles. The smallest absolute Gasteiger partial charge is 0.0899 e. The highest BCUT2D eigenvalue weighted by molar-refractivity contribution is 5.42. The summed E-state index contributed by atoms with van der Waals surface area (Å²) >= 11 is 0. The highest BCUT2D eigenvalue weighted by Gasteiger charge is 2.21. The molecule has 0 aromatic rings. The fraction of sp³-hybridized carbons (Fsp3) is 0.727. The maximum Gasteiger partial charge on any atom is 0.0899 e. The predicted molar refractivity (Wildman–Crippen MR) is 61.6 cm³/mol. The first-order valence-electron chi connectivity index (χ1n) is 5.41. The van der Waals surface area contributed by atoms with Gasteiger partial charge in [-0.1, -0.05) is 13.0 Å². The zero-order valence-electron chi connectivity index (χ0n) is 9.28. The molecule has 1 fully saturated rings. The number of hydrogen-bond acceptors (Lipinski definition) is 4. The number of nitrogens with one attached hydrogen (secondary N) is 1. The van der Waals surface area contributed by atoms with Gasteiger partial charge in [0.2, 0.25) is 0 Å². The summed E-state index contributed by atoms with van der Waals surface area (Å²) in [5.41, 5.74) is 0. The van der Waals surface area contributed by atoms with Crippen LogP contribution in [0.15, 0.2) is 22.6 Å². The molecule has 1 heterocycles. The van der Waals surface area contributed by atoms with Crippen LogP contribution in [0.25, 0.3) is 0 Å². The molecule has 0 radical (unpaired) electrons. The van der Waals surface area contributed by atoms with Gasteiger partial charge < -0.3 is 10.1 Å². The minimum atomic E-state index is 0.207. The summed E-state index contributed by atoms with van der Waals surface area (Å²) in [5, 5.41) is 3.39. The van der Waals surface area contributed by atoms with Crippen molar-refractivity contribution in [1.29, 1.82) is 0 Å². The molecule has 1 saturated heterocycles. The normalized spacial score (nSPS) is 22.6. The Balaban J connectivity index is 2.46. The molecule has 84 valence electrons. The van der Waals surface area contributed by atoms with E-state index >= 15 is 0 Å². The predicted octanol–water partition coefficient (Wildman–Crippen LogP) is 1.11. The lowest BCUT2D eigenvalue weighted by atomic mass is 10.1. The summed E-state index contributed by atoms with van der Waals surface area (Å²) in [6, 6.07) is 3.23. The Hall–Kier alpha value is -0.960. The van der Waals surface area contributed by atoms with E-state index in [1.807, 2.05) is 0 Å². The third-order valence-electron chi connectivity index (χ3n) is 2.35. The first-order chi connectivity index (χ1) is 7.38. The van der Waals surface area contributed by atoms with Crippen molar-refractivity contribution < 1.29 is 4.74 Å². The third-order valence-corrected chi connectivity index (χ3v) is 2.35. The van der Waals surface area contributed by atoms with E-state index in [2.05, 4.69) is 34.8 Å². The van der Waals surface area contributed by atoms with E-state index in [-0.39, 0.29) is 6.04 Å². The van der Waals surface area contributed by atoms with Gasteiger partial charge in [0.05, 0.1) is 37.9 Å². The van der Waals surface area contributed by atoms with Gasteiger partial charge in [-0.2, -0.15) is 0 Å². The largest absolute Gasteiger partial charge is 0.378 e. The molecule has 0 spiro atoms. The van der Waals surface area contributed by atoms with Crippen molar-refractivity contribution in [3.8, 4) is 0 Å². The molecule has 0 aromatic heterocycles. The van der Waals surface area contributed by atoms with Crippen LogP contribution in [-0.4, -0.2) is 44.4 Å². The Morgan fingerprint density at radius 1 is 1.73 bits per heavy atom. The Bertz CT molecular complexity index is 240. The van der Waals surface area contributed by atoms with Crippen LogP contribution in [0.5, 0.6) is 0 Å². The molecule has 4 heteroatoms. The van der Waals surface area contributed by atoms with E-state index < -0.39 is 0 Å². The van der Waals surface area contributed by atoms with Gasteiger partial charge in [0.25, 0.3) is 0 Å². The second kappa shape index (κ2) is 7.35. The van der Waals surface area contributed by atoms with Crippen LogP contribution in [-0.2, 0) is 4.74 Å². The van der Waals surface area contributed by atoms with E-state index in [1.54, 1.807) is 6.08 Å². The lowest BCUT2D eigenvalue weighted by molar-refractivity contribution is 0.0685. The van der Waals surface area contributed by atoms with Crippen molar-refractivity contribution in [3.63, 3.8) is 0 Å². The Kier molecular flexibility index (Phi) is 5.93. The summed E-state index contributed by atoms with van der Waals surface area (Å²) in [7, 11) is 0. The fourth-order valence-corrected chi connectivity index (χ4v) is 1.52. The molecule has 1 aliphatic rings. The summed E-state index contributed by atoms with van der Waals surface area (Å²) < 4.78 is 5.40. The fourth-order valence-electron chi connectivity index (χ4n) is 1.52. The van der Waals surface area contributed by atoms with Gasteiger partial charge in [-0.05, 0) is 6.42 Å². The summed E-state index contributed by atoms with van der Waals surface area (Å²) in [6.45, 7) is 8.69. The van der Waals surface area contributed by atoms with E-state index in [0.29, 0.717) is 12.6 Å². The van der Waals surface area contributed by atoms with E-state index in [1.165, 1.54) is 0 Å². The number of morpholine rings is 1. The summed E-state index contributed by atoms with van der Waals surface area (Å²) in [6.07, 6.45) is 2.70. The number of ether oxygens (including phenoxy) is 1. The summed E-state index contributed by atoms with van der Waals surface area (Å²) in [4.78, 5) is 8.27. The molecular weight excluding hydrogens is 190 g/mol. The van der Waals surface area contributed by atoms with Crippen LogP contribution in [0.3, 0.4) is 0 Å².